The molecule has 19 heavy (non-hydrogen) atoms. The molecule has 2 fully saturated rings. The molecule has 2 aliphatic rings. The summed E-state index contributed by atoms with van der Waals surface area (Å²) in [6.07, 6.45) is 4.14. The molecule has 3 atom stereocenters. The summed E-state index contributed by atoms with van der Waals surface area (Å²) >= 11 is 0. The minimum atomic E-state index is -0.682. The fraction of sp³-hybridized carbons (Fsp3) is 1.00. The first-order valence-electron chi connectivity index (χ1n) is 7.62. The standard InChI is InChI=1S/C15H29NO3/c1-15(2)5-3-11(4-6-15)8-16-9-14(19)13(18)7-12(16)10-17/h11-14,17-19H,3-10H2,1-2H3/t12-,13?,14+/m1/s1. The third kappa shape index (κ3) is 3.91. The van der Waals surface area contributed by atoms with Crippen molar-refractivity contribution in [2.24, 2.45) is 11.3 Å². The average Bonchev–Trinajstić information content (AvgIpc) is 2.36. The quantitative estimate of drug-likeness (QED) is 0.716. The number of likely N-dealkylation sites (tertiary alicyclic amines) is 1. The number of hydrogen-bond donors (Lipinski definition) is 3. The molecule has 0 amide bonds. The van der Waals surface area contributed by atoms with E-state index in [0.717, 1.165) is 6.54 Å². The zero-order valence-electron chi connectivity index (χ0n) is 12.3. The predicted molar refractivity (Wildman–Crippen MR) is 74.8 cm³/mol. The van der Waals surface area contributed by atoms with Crippen molar-refractivity contribution in [1.82, 2.24) is 4.90 Å². The number of nitrogens with zero attached hydrogens (tertiary/aromatic N) is 1. The fourth-order valence-electron chi connectivity index (χ4n) is 3.48. The van der Waals surface area contributed by atoms with Crippen LogP contribution in [-0.2, 0) is 0 Å². The van der Waals surface area contributed by atoms with Gasteiger partial charge in [0.15, 0.2) is 0 Å². The second-order valence-electron chi connectivity index (χ2n) is 7.27. The Kier molecular flexibility index (Phi) is 4.88. The Morgan fingerprint density at radius 3 is 2.32 bits per heavy atom. The van der Waals surface area contributed by atoms with Crippen LogP contribution in [0.1, 0.15) is 46.0 Å². The third-order valence-electron chi connectivity index (χ3n) is 5.06. The van der Waals surface area contributed by atoms with Crippen LogP contribution in [0, 0.1) is 11.3 Å². The van der Waals surface area contributed by atoms with Gasteiger partial charge in [0.2, 0.25) is 0 Å². The fourth-order valence-corrected chi connectivity index (χ4v) is 3.48. The van der Waals surface area contributed by atoms with Gasteiger partial charge in [-0.2, -0.15) is 0 Å². The van der Waals surface area contributed by atoms with Crippen molar-refractivity contribution in [2.75, 3.05) is 19.7 Å². The first kappa shape index (κ1) is 15.2. The van der Waals surface area contributed by atoms with Crippen molar-refractivity contribution < 1.29 is 15.3 Å². The Morgan fingerprint density at radius 1 is 1.11 bits per heavy atom. The highest BCUT2D eigenvalue weighted by Gasteiger charge is 2.35. The molecular formula is C15H29NO3. The van der Waals surface area contributed by atoms with Gasteiger partial charge in [0.05, 0.1) is 18.8 Å². The molecule has 112 valence electrons. The van der Waals surface area contributed by atoms with Gasteiger partial charge in [-0.1, -0.05) is 13.8 Å². The van der Waals surface area contributed by atoms with Crippen LogP contribution in [0.15, 0.2) is 0 Å². The van der Waals surface area contributed by atoms with Crippen LogP contribution in [0.3, 0.4) is 0 Å². The van der Waals surface area contributed by atoms with Crippen molar-refractivity contribution in [1.29, 1.82) is 0 Å². The Bertz CT molecular complexity index is 285. The van der Waals surface area contributed by atoms with Gasteiger partial charge >= 0.3 is 0 Å². The van der Waals surface area contributed by atoms with E-state index in [1.54, 1.807) is 0 Å². The Hall–Kier alpha value is -0.160. The number of rotatable bonds is 3. The first-order chi connectivity index (χ1) is 8.91. The van der Waals surface area contributed by atoms with E-state index >= 15 is 0 Å². The lowest BCUT2D eigenvalue weighted by Gasteiger charge is -2.43. The summed E-state index contributed by atoms with van der Waals surface area (Å²) in [6, 6.07) is 0.00772. The largest absolute Gasteiger partial charge is 0.395 e. The first-order valence-corrected chi connectivity index (χ1v) is 7.62. The number of β-amino-alcohol motifs (C(OH)–C–C–N with tert-alkyl or cyclic N) is 1. The van der Waals surface area contributed by atoms with Gasteiger partial charge in [0, 0.05) is 19.1 Å². The summed E-state index contributed by atoms with van der Waals surface area (Å²) in [4.78, 5) is 2.18. The molecule has 1 aliphatic carbocycles. The highest BCUT2D eigenvalue weighted by atomic mass is 16.3. The lowest BCUT2D eigenvalue weighted by Crippen LogP contribution is -2.55. The van der Waals surface area contributed by atoms with Gasteiger partial charge in [0.1, 0.15) is 0 Å². The summed E-state index contributed by atoms with van der Waals surface area (Å²) in [7, 11) is 0. The topological polar surface area (TPSA) is 63.9 Å². The normalized spacial score (nSPS) is 37.4. The highest BCUT2D eigenvalue weighted by Crippen LogP contribution is 2.38. The van der Waals surface area contributed by atoms with Crippen molar-refractivity contribution in [3.63, 3.8) is 0 Å². The van der Waals surface area contributed by atoms with E-state index < -0.39 is 12.2 Å². The molecule has 0 aromatic heterocycles. The van der Waals surface area contributed by atoms with E-state index in [2.05, 4.69) is 18.7 Å². The summed E-state index contributed by atoms with van der Waals surface area (Å²) in [5.74, 6) is 0.671. The van der Waals surface area contributed by atoms with Gasteiger partial charge in [-0.05, 0) is 43.4 Å². The van der Waals surface area contributed by atoms with Crippen molar-refractivity contribution in [2.45, 2.75) is 64.2 Å². The van der Waals surface area contributed by atoms with Crippen molar-refractivity contribution in [3.05, 3.63) is 0 Å². The average molecular weight is 271 g/mol. The molecule has 0 aromatic carbocycles. The van der Waals surface area contributed by atoms with Gasteiger partial charge in [-0.15, -0.1) is 0 Å². The second-order valence-corrected chi connectivity index (χ2v) is 7.27. The number of piperidine rings is 1. The monoisotopic (exact) mass is 271 g/mol. The zero-order chi connectivity index (χ0) is 14.0. The molecule has 0 aromatic rings. The van der Waals surface area contributed by atoms with E-state index in [1.807, 2.05) is 0 Å². The van der Waals surface area contributed by atoms with Crippen molar-refractivity contribution in [3.8, 4) is 0 Å². The van der Waals surface area contributed by atoms with Crippen LogP contribution < -0.4 is 0 Å². The van der Waals surface area contributed by atoms with Crippen LogP contribution in [0.4, 0.5) is 0 Å². The Balaban J connectivity index is 1.87. The van der Waals surface area contributed by atoms with Gasteiger partial charge < -0.3 is 15.3 Å². The van der Waals surface area contributed by atoms with E-state index in [9.17, 15) is 15.3 Å². The maximum Gasteiger partial charge on any atom is 0.0926 e. The number of hydrogen-bond acceptors (Lipinski definition) is 4. The number of aliphatic hydroxyl groups excluding tert-OH is 3. The predicted octanol–water partition coefficient (Wildman–Crippen LogP) is 0.991. The van der Waals surface area contributed by atoms with E-state index in [4.69, 9.17) is 0 Å². The summed E-state index contributed by atoms with van der Waals surface area (Å²) < 4.78 is 0. The van der Waals surface area contributed by atoms with Gasteiger partial charge in [0.25, 0.3) is 0 Å². The zero-order valence-corrected chi connectivity index (χ0v) is 12.3. The van der Waals surface area contributed by atoms with Crippen molar-refractivity contribution >= 4 is 0 Å². The summed E-state index contributed by atoms with van der Waals surface area (Å²) in [5.41, 5.74) is 0.477. The molecule has 0 radical (unpaired) electrons. The molecule has 1 saturated carbocycles. The molecule has 0 spiro atoms. The van der Waals surface area contributed by atoms with Crippen LogP contribution in [-0.4, -0.2) is 58.2 Å². The lowest BCUT2D eigenvalue weighted by molar-refractivity contribution is -0.0765. The number of aliphatic hydroxyl groups is 3. The molecule has 1 aliphatic heterocycles. The third-order valence-corrected chi connectivity index (χ3v) is 5.06. The lowest BCUT2D eigenvalue weighted by atomic mass is 9.73. The van der Waals surface area contributed by atoms with E-state index in [0.29, 0.717) is 24.3 Å². The molecule has 2 rings (SSSR count). The summed E-state index contributed by atoms with van der Waals surface area (Å²) in [6.45, 7) is 6.18. The van der Waals surface area contributed by atoms with Crippen LogP contribution in [0.5, 0.6) is 0 Å². The SMILES string of the molecule is CC1(C)CCC(CN2C[C@H](O)C(O)C[C@@H]2CO)CC1. The summed E-state index contributed by atoms with van der Waals surface area (Å²) in [5, 5.41) is 28.9. The van der Waals surface area contributed by atoms with Crippen LogP contribution >= 0.6 is 0 Å². The highest BCUT2D eigenvalue weighted by molar-refractivity contribution is 4.89. The maximum absolute atomic E-state index is 9.80. The van der Waals surface area contributed by atoms with Gasteiger partial charge in [-0.25, -0.2) is 0 Å². The molecule has 1 saturated heterocycles. The van der Waals surface area contributed by atoms with E-state index in [-0.39, 0.29) is 12.6 Å². The maximum atomic E-state index is 9.80. The second kappa shape index (κ2) is 6.08. The Morgan fingerprint density at radius 2 is 1.74 bits per heavy atom. The molecule has 4 heteroatoms. The molecule has 1 unspecified atom stereocenters. The van der Waals surface area contributed by atoms with Gasteiger partial charge in [-0.3, -0.25) is 4.90 Å². The van der Waals surface area contributed by atoms with E-state index in [1.165, 1.54) is 25.7 Å². The van der Waals surface area contributed by atoms with Crippen LogP contribution in [0.25, 0.3) is 0 Å². The molecule has 4 nitrogen and oxygen atoms in total. The minimum Gasteiger partial charge on any atom is -0.395 e. The molecule has 3 N–H and O–H groups in total. The molecule has 0 bridgehead atoms. The van der Waals surface area contributed by atoms with Crippen LogP contribution in [0.2, 0.25) is 0 Å². The molecular weight excluding hydrogens is 242 g/mol. The molecule has 1 heterocycles. The Labute approximate surface area is 116 Å². The minimum absolute atomic E-state index is 0.00772. The smallest absolute Gasteiger partial charge is 0.0926 e.